The molecular formula is C16H26BrN3O. The zero-order valence-corrected chi connectivity index (χ0v) is 15.2. The van der Waals surface area contributed by atoms with Gasteiger partial charge in [0.15, 0.2) is 5.82 Å². The van der Waals surface area contributed by atoms with Crippen molar-refractivity contribution < 1.29 is 4.74 Å². The Kier molecular flexibility index (Phi) is 5.25. The van der Waals surface area contributed by atoms with Gasteiger partial charge in [0.2, 0.25) is 0 Å². The molecule has 2 rings (SSSR count). The summed E-state index contributed by atoms with van der Waals surface area (Å²) in [7, 11) is 3.68. The normalized spacial score (nSPS) is 26.1. The topological polar surface area (TPSA) is 47.0 Å². The Labute approximate surface area is 136 Å². The summed E-state index contributed by atoms with van der Waals surface area (Å²) < 4.78 is 6.90. The highest BCUT2D eigenvalue weighted by Gasteiger charge is 2.40. The molecule has 0 aromatic carbocycles. The number of rotatable bonds is 4. The Morgan fingerprint density at radius 1 is 1.38 bits per heavy atom. The van der Waals surface area contributed by atoms with E-state index >= 15 is 0 Å². The molecule has 1 aliphatic carbocycles. The first kappa shape index (κ1) is 16.7. The van der Waals surface area contributed by atoms with E-state index in [0.29, 0.717) is 11.8 Å². The molecule has 1 aliphatic rings. The molecule has 21 heavy (non-hydrogen) atoms. The van der Waals surface area contributed by atoms with Gasteiger partial charge in [0.1, 0.15) is 11.4 Å². The van der Waals surface area contributed by atoms with Gasteiger partial charge < -0.3 is 10.1 Å². The largest absolute Gasteiger partial charge is 0.372 e. The summed E-state index contributed by atoms with van der Waals surface area (Å²) in [5.41, 5.74) is 0.701. The fourth-order valence-electron chi connectivity index (χ4n) is 3.20. The summed E-state index contributed by atoms with van der Waals surface area (Å²) in [6, 6.07) is 0. The molecular weight excluding hydrogens is 330 g/mol. The summed E-state index contributed by atoms with van der Waals surface area (Å²) >= 11 is 3.62. The molecule has 1 fully saturated rings. The average molecular weight is 356 g/mol. The number of aromatic nitrogens is 2. The maximum absolute atomic E-state index is 5.94. The molecule has 2 atom stereocenters. The number of anilines is 1. The number of halogens is 1. The van der Waals surface area contributed by atoms with Crippen LogP contribution in [0, 0.1) is 5.92 Å². The van der Waals surface area contributed by atoms with E-state index in [9.17, 15) is 0 Å². The highest BCUT2D eigenvalue weighted by Crippen LogP contribution is 2.42. The van der Waals surface area contributed by atoms with Crippen LogP contribution in [0.15, 0.2) is 4.47 Å². The van der Waals surface area contributed by atoms with E-state index in [1.807, 2.05) is 7.05 Å². The second-order valence-electron chi connectivity index (χ2n) is 6.40. The van der Waals surface area contributed by atoms with Crippen molar-refractivity contribution in [1.82, 2.24) is 9.97 Å². The van der Waals surface area contributed by atoms with Crippen LogP contribution in [-0.2, 0) is 10.3 Å². The molecule has 1 saturated carbocycles. The lowest BCUT2D eigenvalue weighted by atomic mass is 9.78. The Balaban J connectivity index is 2.53. The quantitative estimate of drug-likeness (QED) is 0.866. The third-order valence-corrected chi connectivity index (χ3v) is 5.20. The van der Waals surface area contributed by atoms with Gasteiger partial charge in [-0.1, -0.05) is 27.2 Å². The van der Waals surface area contributed by atoms with Gasteiger partial charge in [-0.05, 0) is 47.0 Å². The second-order valence-corrected chi connectivity index (χ2v) is 7.19. The lowest BCUT2D eigenvalue weighted by molar-refractivity contribution is -0.0647. The Bertz CT molecular complexity index is 507. The molecule has 118 valence electrons. The minimum atomic E-state index is -0.340. The molecule has 5 heteroatoms. The monoisotopic (exact) mass is 355 g/mol. The number of nitrogens with zero attached hydrogens (tertiary/aromatic N) is 2. The van der Waals surface area contributed by atoms with E-state index in [4.69, 9.17) is 14.7 Å². The molecule has 0 radical (unpaired) electrons. The fourth-order valence-corrected chi connectivity index (χ4v) is 4.03. The Morgan fingerprint density at radius 3 is 2.62 bits per heavy atom. The predicted octanol–water partition coefficient (Wildman–Crippen LogP) is 4.46. The summed E-state index contributed by atoms with van der Waals surface area (Å²) in [6.07, 6.45) is 4.42. The SMILES string of the molecule is CNc1nc(C2(OC)CCCC(C)C2)nc(C(C)C)c1Br. The predicted molar refractivity (Wildman–Crippen MR) is 89.7 cm³/mol. The summed E-state index contributed by atoms with van der Waals surface area (Å²) in [5.74, 6) is 2.65. The Hall–Kier alpha value is -0.680. The summed E-state index contributed by atoms with van der Waals surface area (Å²) in [5, 5.41) is 3.17. The molecule has 2 unspecified atom stereocenters. The molecule has 0 bridgehead atoms. The average Bonchev–Trinajstić information content (AvgIpc) is 2.46. The molecule has 1 heterocycles. The van der Waals surface area contributed by atoms with Gasteiger partial charge in [-0.15, -0.1) is 0 Å². The summed E-state index contributed by atoms with van der Waals surface area (Å²) in [6.45, 7) is 6.59. The minimum Gasteiger partial charge on any atom is -0.372 e. The van der Waals surface area contributed by atoms with Gasteiger partial charge in [-0.25, -0.2) is 9.97 Å². The van der Waals surface area contributed by atoms with Crippen molar-refractivity contribution in [2.75, 3.05) is 19.5 Å². The third kappa shape index (κ3) is 3.24. The van der Waals surface area contributed by atoms with Crippen molar-refractivity contribution in [1.29, 1.82) is 0 Å². The molecule has 0 amide bonds. The van der Waals surface area contributed by atoms with Crippen LogP contribution in [0.2, 0.25) is 0 Å². The van der Waals surface area contributed by atoms with Crippen molar-refractivity contribution in [2.45, 2.75) is 58.0 Å². The second kappa shape index (κ2) is 6.61. The molecule has 0 spiro atoms. The first-order chi connectivity index (χ1) is 9.93. The lowest BCUT2D eigenvalue weighted by Gasteiger charge is -2.38. The molecule has 1 N–H and O–H groups in total. The van der Waals surface area contributed by atoms with Crippen molar-refractivity contribution in [3.05, 3.63) is 16.0 Å². The van der Waals surface area contributed by atoms with Crippen LogP contribution in [0.25, 0.3) is 0 Å². The maximum Gasteiger partial charge on any atom is 0.162 e. The van der Waals surface area contributed by atoms with Crippen molar-refractivity contribution in [3.8, 4) is 0 Å². The third-order valence-electron chi connectivity index (χ3n) is 4.41. The van der Waals surface area contributed by atoms with Gasteiger partial charge in [0, 0.05) is 14.2 Å². The van der Waals surface area contributed by atoms with Gasteiger partial charge in [0.25, 0.3) is 0 Å². The molecule has 4 nitrogen and oxygen atoms in total. The van der Waals surface area contributed by atoms with Crippen LogP contribution in [0.1, 0.15) is 63.9 Å². The fraction of sp³-hybridized carbons (Fsp3) is 0.750. The maximum atomic E-state index is 5.94. The standard InChI is InChI=1S/C16H26BrN3O/c1-10(2)13-12(17)14(18-4)20-15(19-13)16(21-5)8-6-7-11(3)9-16/h10-11H,6-9H2,1-5H3,(H,18,19,20). The van der Waals surface area contributed by atoms with Crippen LogP contribution in [0.5, 0.6) is 0 Å². The molecule has 1 aromatic heterocycles. The zero-order valence-electron chi connectivity index (χ0n) is 13.7. The van der Waals surface area contributed by atoms with Gasteiger partial charge in [-0.2, -0.15) is 0 Å². The number of nitrogens with one attached hydrogen (secondary N) is 1. The number of hydrogen-bond acceptors (Lipinski definition) is 4. The molecule has 0 saturated heterocycles. The summed E-state index contributed by atoms with van der Waals surface area (Å²) in [4.78, 5) is 9.60. The highest BCUT2D eigenvalue weighted by molar-refractivity contribution is 9.10. The number of hydrogen-bond donors (Lipinski definition) is 1. The Morgan fingerprint density at radius 2 is 2.10 bits per heavy atom. The van der Waals surface area contributed by atoms with Crippen LogP contribution < -0.4 is 5.32 Å². The van der Waals surface area contributed by atoms with E-state index in [2.05, 4.69) is 42.0 Å². The van der Waals surface area contributed by atoms with Crippen molar-refractivity contribution in [3.63, 3.8) is 0 Å². The van der Waals surface area contributed by atoms with E-state index in [0.717, 1.165) is 34.7 Å². The first-order valence-electron chi connectivity index (χ1n) is 7.74. The van der Waals surface area contributed by atoms with Crippen LogP contribution >= 0.6 is 15.9 Å². The van der Waals surface area contributed by atoms with Gasteiger partial charge in [0.05, 0.1) is 10.2 Å². The van der Waals surface area contributed by atoms with Crippen LogP contribution in [0.4, 0.5) is 5.82 Å². The van der Waals surface area contributed by atoms with Crippen molar-refractivity contribution >= 4 is 21.7 Å². The van der Waals surface area contributed by atoms with E-state index in [-0.39, 0.29) is 5.60 Å². The smallest absolute Gasteiger partial charge is 0.162 e. The number of ether oxygens (including phenoxy) is 1. The van der Waals surface area contributed by atoms with Crippen LogP contribution in [-0.4, -0.2) is 24.1 Å². The van der Waals surface area contributed by atoms with Crippen LogP contribution in [0.3, 0.4) is 0 Å². The zero-order chi connectivity index (χ0) is 15.6. The van der Waals surface area contributed by atoms with Gasteiger partial charge >= 0.3 is 0 Å². The first-order valence-corrected chi connectivity index (χ1v) is 8.53. The molecule has 1 aromatic rings. The van der Waals surface area contributed by atoms with Crippen molar-refractivity contribution in [2.24, 2.45) is 5.92 Å². The van der Waals surface area contributed by atoms with E-state index in [1.54, 1.807) is 7.11 Å². The number of methoxy groups -OCH3 is 1. The van der Waals surface area contributed by atoms with E-state index in [1.165, 1.54) is 12.8 Å². The minimum absolute atomic E-state index is 0.336. The van der Waals surface area contributed by atoms with E-state index < -0.39 is 0 Å². The molecule has 0 aliphatic heterocycles. The lowest BCUT2D eigenvalue weighted by Crippen LogP contribution is -2.36. The highest BCUT2D eigenvalue weighted by atomic mass is 79.9. The van der Waals surface area contributed by atoms with Gasteiger partial charge in [-0.3, -0.25) is 0 Å².